The Bertz CT molecular complexity index is 784. The van der Waals surface area contributed by atoms with E-state index in [0.29, 0.717) is 53.7 Å². The molecule has 1 aliphatic heterocycles. The smallest absolute Gasteiger partial charge is 0.188 e. The van der Waals surface area contributed by atoms with Crippen LogP contribution < -0.4 is 4.74 Å². The molecule has 0 amide bonds. The van der Waals surface area contributed by atoms with Crippen LogP contribution in [0.15, 0.2) is 18.2 Å². The van der Waals surface area contributed by atoms with E-state index in [0.717, 1.165) is 5.69 Å². The first kappa shape index (κ1) is 22.3. The van der Waals surface area contributed by atoms with Crippen LogP contribution in [-0.4, -0.2) is 63.3 Å². The summed E-state index contributed by atoms with van der Waals surface area (Å²) >= 11 is 6.26. The molecule has 2 aromatic rings. The summed E-state index contributed by atoms with van der Waals surface area (Å²) in [6.45, 7) is 0.132. The molecule has 0 bridgehead atoms. The van der Waals surface area contributed by atoms with E-state index in [9.17, 15) is 9.18 Å². The number of aldehydes is 1. The van der Waals surface area contributed by atoms with Crippen molar-refractivity contribution >= 4 is 17.9 Å². The first-order valence-corrected chi connectivity index (χ1v) is 9.01. The fraction of sp³-hybridized carbons (Fsp3) is 0.474. The molecule has 1 atom stereocenters. The van der Waals surface area contributed by atoms with E-state index >= 15 is 0 Å². The number of methoxy groups -OCH3 is 2. The zero-order chi connectivity index (χ0) is 20.5. The van der Waals surface area contributed by atoms with E-state index in [-0.39, 0.29) is 6.79 Å². The van der Waals surface area contributed by atoms with Crippen LogP contribution in [0.4, 0.5) is 4.39 Å². The highest BCUT2D eigenvalue weighted by Crippen LogP contribution is 2.32. The number of ether oxygens (including phenoxy) is 4. The second-order valence-electron chi connectivity index (χ2n) is 6.00. The summed E-state index contributed by atoms with van der Waals surface area (Å²) in [5.41, 5.74) is 1.80. The molecule has 1 aromatic heterocycles. The van der Waals surface area contributed by atoms with Gasteiger partial charge in [-0.15, -0.1) is 0 Å². The number of imidazole rings is 1. The second-order valence-corrected chi connectivity index (χ2v) is 6.40. The van der Waals surface area contributed by atoms with Gasteiger partial charge in [0.25, 0.3) is 0 Å². The molecule has 0 N–H and O–H groups in total. The Kier molecular flexibility index (Phi) is 8.85. The number of carbonyl (C=O) groups is 1. The maximum atomic E-state index is 13.1. The average Bonchev–Trinajstić information content (AvgIpc) is 2.89. The Hall–Kier alpha value is -2.00. The molecule has 154 valence electrons. The highest BCUT2D eigenvalue weighted by molar-refractivity contribution is 6.32. The second kappa shape index (κ2) is 11.1. The fourth-order valence-corrected chi connectivity index (χ4v) is 3.07. The van der Waals surface area contributed by atoms with Crippen molar-refractivity contribution in [2.75, 3.05) is 41.4 Å². The first-order valence-electron chi connectivity index (χ1n) is 8.63. The summed E-state index contributed by atoms with van der Waals surface area (Å²) in [7, 11) is 4.77. The normalized spacial score (nSPS) is 15.8. The summed E-state index contributed by atoms with van der Waals surface area (Å²) in [6.07, 6.45) is 0.650. The van der Waals surface area contributed by atoms with E-state index in [1.807, 2.05) is 4.57 Å². The lowest BCUT2D eigenvalue weighted by Crippen LogP contribution is -2.21. The molecule has 28 heavy (non-hydrogen) atoms. The first-order chi connectivity index (χ1) is 13.6. The van der Waals surface area contributed by atoms with Crippen molar-refractivity contribution in [1.29, 1.82) is 0 Å². The molecule has 1 unspecified atom stereocenters. The van der Waals surface area contributed by atoms with Gasteiger partial charge in [0.2, 0.25) is 0 Å². The molecular formula is C19H24ClFN2O5. The highest BCUT2D eigenvalue weighted by Gasteiger charge is 2.24. The van der Waals surface area contributed by atoms with Gasteiger partial charge in [0.1, 0.15) is 30.0 Å². The zero-order valence-corrected chi connectivity index (χ0v) is 16.9. The number of hydrogen-bond acceptors (Lipinski definition) is 6. The number of fused-ring (bicyclic) bond motifs is 1. The molecule has 3 rings (SSSR count). The van der Waals surface area contributed by atoms with Crippen molar-refractivity contribution in [3.8, 4) is 17.1 Å². The Morgan fingerprint density at radius 2 is 2.14 bits per heavy atom. The molecule has 0 fully saturated rings. The number of hydrogen-bond donors (Lipinski definition) is 0. The van der Waals surface area contributed by atoms with Crippen molar-refractivity contribution in [1.82, 2.24) is 9.55 Å². The predicted octanol–water partition coefficient (Wildman–Crippen LogP) is 3.17. The summed E-state index contributed by atoms with van der Waals surface area (Å²) in [5.74, 6) is 1.04. The lowest BCUT2D eigenvalue weighted by Gasteiger charge is -2.14. The third kappa shape index (κ3) is 5.29. The van der Waals surface area contributed by atoms with Crippen LogP contribution in [0.25, 0.3) is 11.4 Å². The summed E-state index contributed by atoms with van der Waals surface area (Å²) in [6, 6.07) is 5.20. The van der Waals surface area contributed by atoms with Gasteiger partial charge < -0.3 is 23.5 Å². The van der Waals surface area contributed by atoms with Crippen molar-refractivity contribution < 1.29 is 28.1 Å². The quantitative estimate of drug-likeness (QED) is 0.534. The van der Waals surface area contributed by atoms with Gasteiger partial charge in [-0.25, -0.2) is 9.37 Å². The minimum Gasteiger partial charge on any atom is -0.466 e. The summed E-state index contributed by atoms with van der Waals surface area (Å²) < 4.78 is 34.9. The van der Waals surface area contributed by atoms with E-state index in [1.54, 1.807) is 32.4 Å². The van der Waals surface area contributed by atoms with Crippen LogP contribution in [0.1, 0.15) is 16.2 Å². The minimum absolute atomic E-state index is 0.0860. The van der Waals surface area contributed by atoms with Crippen LogP contribution in [0.5, 0.6) is 5.75 Å². The lowest BCUT2D eigenvalue weighted by molar-refractivity contribution is 0.0355. The zero-order valence-electron chi connectivity index (χ0n) is 16.1. The van der Waals surface area contributed by atoms with Crippen LogP contribution in [-0.2, 0) is 27.2 Å². The van der Waals surface area contributed by atoms with Crippen LogP contribution >= 0.6 is 11.6 Å². The molecular weight excluding hydrogens is 391 g/mol. The molecule has 0 radical (unpaired) electrons. The van der Waals surface area contributed by atoms with Crippen LogP contribution in [0, 0.1) is 0 Å². The van der Waals surface area contributed by atoms with E-state index in [2.05, 4.69) is 9.72 Å². The van der Waals surface area contributed by atoms with Gasteiger partial charge >= 0.3 is 0 Å². The van der Waals surface area contributed by atoms with Crippen LogP contribution in [0.2, 0.25) is 5.02 Å². The maximum Gasteiger partial charge on any atom is 0.188 e. The number of halogens is 2. The van der Waals surface area contributed by atoms with Crippen molar-refractivity contribution in [2.45, 2.75) is 19.1 Å². The SMILES string of the molecule is COC.COCOc1ccc(-c2nc(C=O)c3n2CC(CF)OCC3)cc1Cl. The molecule has 1 aliphatic rings. The topological polar surface area (TPSA) is 71.8 Å². The fourth-order valence-electron chi connectivity index (χ4n) is 2.83. The Morgan fingerprint density at radius 1 is 1.39 bits per heavy atom. The van der Waals surface area contributed by atoms with Gasteiger partial charge in [0, 0.05) is 33.3 Å². The van der Waals surface area contributed by atoms with Gasteiger partial charge in [0.15, 0.2) is 13.1 Å². The molecule has 9 heteroatoms. The molecule has 0 saturated carbocycles. The Balaban J connectivity index is 0.000000878. The minimum atomic E-state index is -0.599. The van der Waals surface area contributed by atoms with E-state index in [1.165, 1.54) is 7.11 Å². The highest BCUT2D eigenvalue weighted by atomic mass is 35.5. The number of alkyl halides is 1. The summed E-state index contributed by atoms with van der Waals surface area (Å²) in [5, 5.41) is 0.395. The molecule has 2 heterocycles. The lowest BCUT2D eigenvalue weighted by atomic mass is 10.2. The Labute approximate surface area is 168 Å². The molecule has 1 aromatic carbocycles. The number of rotatable bonds is 6. The van der Waals surface area contributed by atoms with Gasteiger partial charge in [-0.2, -0.15) is 0 Å². The Morgan fingerprint density at radius 3 is 2.75 bits per heavy atom. The number of nitrogens with zero attached hydrogens (tertiary/aromatic N) is 2. The van der Waals surface area contributed by atoms with Gasteiger partial charge in [-0.05, 0) is 18.2 Å². The average molecular weight is 415 g/mol. The van der Waals surface area contributed by atoms with Gasteiger partial charge in [-0.1, -0.05) is 11.6 Å². The largest absolute Gasteiger partial charge is 0.466 e. The number of carbonyl (C=O) groups excluding carboxylic acids is 1. The third-order valence-corrected chi connectivity index (χ3v) is 4.28. The molecule has 0 spiro atoms. The third-order valence-electron chi connectivity index (χ3n) is 3.99. The molecule has 7 nitrogen and oxygen atoms in total. The van der Waals surface area contributed by atoms with Gasteiger partial charge in [0.05, 0.1) is 23.9 Å². The van der Waals surface area contributed by atoms with Crippen molar-refractivity contribution in [3.05, 3.63) is 34.6 Å². The molecule has 0 aliphatic carbocycles. The number of benzene rings is 1. The monoisotopic (exact) mass is 414 g/mol. The van der Waals surface area contributed by atoms with Crippen molar-refractivity contribution in [2.24, 2.45) is 0 Å². The van der Waals surface area contributed by atoms with Gasteiger partial charge in [-0.3, -0.25) is 4.79 Å². The number of aromatic nitrogens is 2. The maximum absolute atomic E-state index is 13.1. The van der Waals surface area contributed by atoms with E-state index < -0.39 is 12.8 Å². The summed E-state index contributed by atoms with van der Waals surface area (Å²) in [4.78, 5) is 15.8. The van der Waals surface area contributed by atoms with Crippen molar-refractivity contribution in [3.63, 3.8) is 0 Å². The standard InChI is InChI=1S/C17H18ClFN2O4.C2H6O/c1-23-10-25-16-3-2-11(6-13(16)18)17-20-14(9-22)15-4-5-24-12(7-19)8-21(15)17;1-3-2/h2-3,6,9,12H,4-5,7-8,10H2,1H3;1-2H3. The predicted molar refractivity (Wildman–Crippen MR) is 103 cm³/mol. The van der Waals surface area contributed by atoms with E-state index in [4.69, 9.17) is 25.8 Å². The van der Waals surface area contributed by atoms with Crippen LogP contribution in [0.3, 0.4) is 0 Å². The molecule has 0 saturated heterocycles.